The molecular weight excluding hydrogens is 306 g/mol. The molecular formula is C18H19N3O3. The predicted molar refractivity (Wildman–Crippen MR) is 88.7 cm³/mol. The molecule has 3 rings (SSSR count). The molecule has 0 spiro atoms. The van der Waals surface area contributed by atoms with Crippen LogP contribution >= 0.6 is 0 Å². The largest absolute Gasteiger partial charge is 0.497 e. The van der Waals surface area contributed by atoms with Crippen LogP contribution in [0.2, 0.25) is 0 Å². The fourth-order valence-electron chi connectivity index (χ4n) is 2.33. The van der Waals surface area contributed by atoms with Gasteiger partial charge < -0.3 is 14.6 Å². The van der Waals surface area contributed by atoms with Crippen molar-refractivity contribution < 1.29 is 14.6 Å². The monoisotopic (exact) mass is 325 g/mol. The molecule has 1 unspecified atom stereocenters. The number of benzene rings is 2. The van der Waals surface area contributed by atoms with E-state index >= 15 is 0 Å². The molecule has 0 saturated heterocycles. The quantitative estimate of drug-likeness (QED) is 0.723. The van der Waals surface area contributed by atoms with Crippen molar-refractivity contribution in [3.63, 3.8) is 0 Å². The van der Waals surface area contributed by atoms with Gasteiger partial charge in [0.05, 0.1) is 26.0 Å². The normalized spacial score (nSPS) is 11.9. The summed E-state index contributed by atoms with van der Waals surface area (Å²) in [6, 6.07) is 15.1. The average Bonchev–Trinajstić information content (AvgIpc) is 3.13. The van der Waals surface area contributed by atoms with Crippen molar-refractivity contribution >= 4 is 0 Å². The van der Waals surface area contributed by atoms with Gasteiger partial charge in [-0.15, -0.1) is 5.10 Å². The fraction of sp³-hybridized carbons (Fsp3) is 0.222. The summed E-state index contributed by atoms with van der Waals surface area (Å²) in [4.78, 5) is 0. The number of aliphatic hydroxyl groups is 1. The Morgan fingerprint density at radius 3 is 2.67 bits per heavy atom. The third-order valence-corrected chi connectivity index (χ3v) is 3.64. The van der Waals surface area contributed by atoms with Gasteiger partial charge in [0.15, 0.2) is 0 Å². The lowest BCUT2D eigenvalue weighted by Gasteiger charge is -2.12. The molecule has 1 atom stereocenters. The van der Waals surface area contributed by atoms with Gasteiger partial charge in [-0.2, -0.15) is 0 Å². The number of hydrogen-bond donors (Lipinski definition) is 1. The Labute approximate surface area is 140 Å². The topological polar surface area (TPSA) is 69.4 Å². The maximum atomic E-state index is 10.2. The number of nitrogens with zero attached hydrogens (tertiary/aromatic N) is 3. The molecule has 0 amide bonds. The molecule has 6 nitrogen and oxygen atoms in total. The second kappa shape index (κ2) is 7.61. The Balaban J connectivity index is 1.57. The summed E-state index contributed by atoms with van der Waals surface area (Å²) in [6.45, 7) is 0.821. The van der Waals surface area contributed by atoms with Gasteiger partial charge in [-0.25, -0.2) is 4.68 Å². The summed E-state index contributed by atoms with van der Waals surface area (Å²) in [5.41, 5.74) is 1.84. The first-order valence-electron chi connectivity index (χ1n) is 7.62. The van der Waals surface area contributed by atoms with Crippen LogP contribution in [-0.4, -0.2) is 27.2 Å². The molecule has 1 N–H and O–H groups in total. The Morgan fingerprint density at radius 1 is 1.12 bits per heavy atom. The summed E-state index contributed by atoms with van der Waals surface area (Å²) in [7, 11) is 1.64. The highest BCUT2D eigenvalue weighted by Crippen LogP contribution is 2.20. The first-order valence-corrected chi connectivity index (χ1v) is 7.62. The first-order chi connectivity index (χ1) is 11.7. The second-order valence-corrected chi connectivity index (χ2v) is 5.35. The summed E-state index contributed by atoms with van der Waals surface area (Å²) < 4.78 is 12.6. The highest BCUT2D eigenvalue weighted by Gasteiger charge is 2.09. The minimum absolute atomic E-state index is 0.365. The van der Waals surface area contributed by atoms with Gasteiger partial charge in [0.1, 0.15) is 18.1 Å². The van der Waals surface area contributed by atoms with Crippen LogP contribution in [0.25, 0.3) is 0 Å². The van der Waals surface area contributed by atoms with Crippen molar-refractivity contribution in [3.8, 4) is 11.5 Å². The lowest BCUT2D eigenvalue weighted by atomic mass is 10.1. The van der Waals surface area contributed by atoms with E-state index in [9.17, 15) is 5.11 Å². The van der Waals surface area contributed by atoms with E-state index in [2.05, 4.69) is 10.3 Å². The zero-order valence-corrected chi connectivity index (χ0v) is 13.4. The molecule has 0 saturated carbocycles. The smallest absolute Gasteiger partial charge is 0.119 e. The lowest BCUT2D eigenvalue weighted by molar-refractivity contribution is 0.150. The highest BCUT2D eigenvalue weighted by atomic mass is 16.5. The van der Waals surface area contributed by atoms with Crippen LogP contribution in [0.1, 0.15) is 17.2 Å². The third kappa shape index (κ3) is 4.11. The van der Waals surface area contributed by atoms with Gasteiger partial charge in [0.2, 0.25) is 0 Å². The Hall–Kier alpha value is -2.86. The number of methoxy groups -OCH3 is 1. The molecule has 1 heterocycles. The van der Waals surface area contributed by atoms with E-state index in [4.69, 9.17) is 9.47 Å². The first kappa shape index (κ1) is 16.0. The van der Waals surface area contributed by atoms with E-state index in [1.165, 1.54) is 0 Å². The van der Waals surface area contributed by atoms with Crippen LogP contribution in [0.5, 0.6) is 11.5 Å². The van der Waals surface area contributed by atoms with Gasteiger partial charge in [-0.3, -0.25) is 0 Å². The lowest BCUT2D eigenvalue weighted by Crippen LogP contribution is -2.09. The number of ether oxygens (including phenoxy) is 2. The van der Waals surface area contributed by atoms with E-state index in [1.54, 1.807) is 24.2 Å². The van der Waals surface area contributed by atoms with Crippen LogP contribution in [0.3, 0.4) is 0 Å². The number of rotatable bonds is 7. The van der Waals surface area contributed by atoms with Crippen molar-refractivity contribution in [2.24, 2.45) is 0 Å². The second-order valence-electron chi connectivity index (χ2n) is 5.35. The third-order valence-electron chi connectivity index (χ3n) is 3.64. The van der Waals surface area contributed by atoms with Crippen molar-refractivity contribution in [1.29, 1.82) is 0 Å². The molecule has 0 fully saturated rings. The number of aromatic nitrogens is 3. The van der Waals surface area contributed by atoms with Crippen molar-refractivity contribution in [2.75, 3.05) is 7.11 Å². The Morgan fingerprint density at radius 2 is 1.96 bits per heavy atom. The number of aliphatic hydroxyl groups excluding tert-OH is 1. The molecule has 0 aliphatic carbocycles. The minimum atomic E-state index is -0.640. The Bertz CT molecular complexity index is 757. The molecule has 0 aliphatic rings. The van der Waals surface area contributed by atoms with Gasteiger partial charge in [0, 0.05) is 6.20 Å². The Kier molecular flexibility index (Phi) is 5.08. The summed E-state index contributed by atoms with van der Waals surface area (Å²) in [5.74, 6) is 1.55. The zero-order chi connectivity index (χ0) is 16.8. The average molecular weight is 325 g/mol. The van der Waals surface area contributed by atoms with E-state index < -0.39 is 6.10 Å². The van der Waals surface area contributed by atoms with E-state index in [0.717, 1.165) is 22.6 Å². The van der Waals surface area contributed by atoms with Crippen LogP contribution in [0, 0.1) is 0 Å². The van der Waals surface area contributed by atoms with Crippen LogP contribution in [0.4, 0.5) is 0 Å². The van der Waals surface area contributed by atoms with E-state index in [-0.39, 0.29) is 0 Å². The summed E-state index contributed by atoms with van der Waals surface area (Å²) in [6.07, 6.45) is 2.66. The maximum absolute atomic E-state index is 10.2. The summed E-state index contributed by atoms with van der Waals surface area (Å²) in [5, 5.41) is 17.8. The predicted octanol–water partition coefficient (Wildman–Crippen LogP) is 2.60. The molecule has 0 bridgehead atoms. The number of hydrogen-bond acceptors (Lipinski definition) is 5. The van der Waals surface area contributed by atoms with E-state index in [0.29, 0.717) is 13.2 Å². The molecule has 124 valence electrons. The maximum Gasteiger partial charge on any atom is 0.119 e. The SMILES string of the molecule is COc1cccc(COc2ccc(C(O)Cn3ccnn3)cc2)c1. The van der Waals surface area contributed by atoms with Crippen molar-refractivity contribution in [1.82, 2.24) is 15.0 Å². The minimum Gasteiger partial charge on any atom is -0.497 e. The molecule has 6 heteroatoms. The zero-order valence-electron chi connectivity index (χ0n) is 13.4. The van der Waals surface area contributed by atoms with E-state index in [1.807, 2.05) is 48.5 Å². The highest BCUT2D eigenvalue weighted by molar-refractivity contribution is 5.30. The van der Waals surface area contributed by atoms with Crippen LogP contribution in [0.15, 0.2) is 60.9 Å². The molecule has 0 aliphatic heterocycles. The van der Waals surface area contributed by atoms with Gasteiger partial charge >= 0.3 is 0 Å². The van der Waals surface area contributed by atoms with Crippen molar-refractivity contribution in [3.05, 3.63) is 72.1 Å². The fourth-order valence-corrected chi connectivity index (χ4v) is 2.33. The molecule has 2 aromatic carbocycles. The van der Waals surface area contributed by atoms with Gasteiger partial charge in [0.25, 0.3) is 0 Å². The summed E-state index contributed by atoms with van der Waals surface area (Å²) >= 11 is 0. The molecule has 1 aromatic heterocycles. The molecule has 24 heavy (non-hydrogen) atoms. The van der Waals surface area contributed by atoms with Gasteiger partial charge in [-0.1, -0.05) is 29.5 Å². The van der Waals surface area contributed by atoms with Crippen LogP contribution in [-0.2, 0) is 13.2 Å². The van der Waals surface area contributed by atoms with Crippen LogP contribution < -0.4 is 9.47 Å². The molecule has 0 radical (unpaired) electrons. The van der Waals surface area contributed by atoms with Gasteiger partial charge in [-0.05, 0) is 35.4 Å². The standard InChI is InChI=1S/C18H19N3O3/c1-23-17-4-2-3-14(11-17)13-24-16-7-5-15(6-8-16)18(22)12-21-10-9-19-20-21/h2-11,18,22H,12-13H2,1H3. The van der Waals surface area contributed by atoms with Crippen molar-refractivity contribution in [2.45, 2.75) is 19.3 Å². The molecule has 3 aromatic rings.